The molecular weight excluding hydrogens is 162 g/mol. The summed E-state index contributed by atoms with van der Waals surface area (Å²) < 4.78 is 5.31. The van der Waals surface area contributed by atoms with E-state index in [0.717, 1.165) is 12.5 Å². The van der Waals surface area contributed by atoms with E-state index in [1.54, 1.807) is 0 Å². The summed E-state index contributed by atoms with van der Waals surface area (Å²) >= 11 is 0. The van der Waals surface area contributed by atoms with Crippen molar-refractivity contribution in [3.8, 4) is 0 Å². The van der Waals surface area contributed by atoms with Gasteiger partial charge in [0.1, 0.15) is 0 Å². The fourth-order valence-corrected chi connectivity index (χ4v) is 3.13. The van der Waals surface area contributed by atoms with E-state index >= 15 is 0 Å². The Balaban J connectivity index is 2.00. The summed E-state index contributed by atoms with van der Waals surface area (Å²) in [7, 11) is 1.83. The third-order valence-corrected chi connectivity index (χ3v) is 3.95. The van der Waals surface area contributed by atoms with Gasteiger partial charge in [0.05, 0.1) is 6.61 Å². The third kappa shape index (κ3) is 1.75. The minimum Gasteiger partial charge on any atom is -0.384 e. The smallest absolute Gasteiger partial charge is 0.0508 e. The molecule has 1 aliphatic heterocycles. The molecule has 13 heavy (non-hydrogen) atoms. The Bertz CT molecular complexity index is 163. The van der Waals surface area contributed by atoms with Crippen LogP contribution in [0, 0.1) is 11.3 Å². The topological polar surface area (TPSA) is 21.3 Å². The lowest BCUT2D eigenvalue weighted by molar-refractivity contribution is 0.0671. The molecular formula is C11H21NO. The lowest BCUT2D eigenvalue weighted by Gasteiger charge is -2.37. The average molecular weight is 183 g/mol. The molecule has 2 fully saturated rings. The zero-order valence-electron chi connectivity index (χ0n) is 8.64. The maximum atomic E-state index is 5.31. The Hall–Kier alpha value is -0.0800. The van der Waals surface area contributed by atoms with Gasteiger partial charge in [0, 0.05) is 26.1 Å². The largest absolute Gasteiger partial charge is 0.384 e. The van der Waals surface area contributed by atoms with Crippen LogP contribution >= 0.6 is 0 Å². The lowest BCUT2D eigenvalue weighted by atomic mass is 9.68. The molecule has 1 aliphatic carbocycles. The molecule has 0 radical (unpaired) electrons. The van der Waals surface area contributed by atoms with Crippen LogP contribution in [0.25, 0.3) is 0 Å². The van der Waals surface area contributed by atoms with Gasteiger partial charge in [-0.05, 0) is 18.3 Å². The van der Waals surface area contributed by atoms with E-state index in [1.165, 1.54) is 45.2 Å². The SMILES string of the molecule is COC[C@H]1CNCC12CCCCC2. The summed E-state index contributed by atoms with van der Waals surface area (Å²) in [5.74, 6) is 0.776. The summed E-state index contributed by atoms with van der Waals surface area (Å²) in [6.07, 6.45) is 7.16. The van der Waals surface area contributed by atoms with Crippen molar-refractivity contribution in [2.45, 2.75) is 32.1 Å². The van der Waals surface area contributed by atoms with Gasteiger partial charge >= 0.3 is 0 Å². The van der Waals surface area contributed by atoms with Crippen LogP contribution in [-0.2, 0) is 4.74 Å². The molecule has 2 aliphatic rings. The Kier molecular flexibility index (Phi) is 2.89. The van der Waals surface area contributed by atoms with Gasteiger partial charge in [0.15, 0.2) is 0 Å². The minimum absolute atomic E-state index is 0.605. The number of ether oxygens (including phenoxy) is 1. The van der Waals surface area contributed by atoms with Crippen LogP contribution in [0.1, 0.15) is 32.1 Å². The first-order chi connectivity index (χ1) is 6.37. The zero-order chi connectivity index (χ0) is 9.15. The van der Waals surface area contributed by atoms with E-state index in [-0.39, 0.29) is 0 Å². The van der Waals surface area contributed by atoms with Gasteiger partial charge in [-0.25, -0.2) is 0 Å². The van der Waals surface area contributed by atoms with Crippen molar-refractivity contribution in [3.05, 3.63) is 0 Å². The highest BCUT2D eigenvalue weighted by Crippen LogP contribution is 2.44. The molecule has 0 amide bonds. The molecule has 0 unspecified atom stereocenters. The number of methoxy groups -OCH3 is 1. The van der Waals surface area contributed by atoms with Crippen molar-refractivity contribution >= 4 is 0 Å². The molecule has 1 heterocycles. The molecule has 0 aromatic carbocycles. The van der Waals surface area contributed by atoms with E-state index in [1.807, 2.05) is 7.11 Å². The number of hydrogen-bond donors (Lipinski definition) is 1. The summed E-state index contributed by atoms with van der Waals surface area (Å²) in [5, 5.41) is 3.54. The highest BCUT2D eigenvalue weighted by molar-refractivity contribution is 4.96. The molecule has 1 saturated heterocycles. The van der Waals surface area contributed by atoms with Crippen LogP contribution in [0.2, 0.25) is 0 Å². The van der Waals surface area contributed by atoms with Crippen molar-refractivity contribution < 1.29 is 4.74 Å². The monoisotopic (exact) mass is 183 g/mol. The van der Waals surface area contributed by atoms with E-state index in [9.17, 15) is 0 Å². The van der Waals surface area contributed by atoms with Crippen molar-refractivity contribution in [3.63, 3.8) is 0 Å². The molecule has 1 spiro atoms. The van der Waals surface area contributed by atoms with E-state index in [2.05, 4.69) is 5.32 Å². The highest BCUT2D eigenvalue weighted by atomic mass is 16.5. The van der Waals surface area contributed by atoms with Crippen LogP contribution < -0.4 is 5.32 Å². The fraction of sp³-hybridized carbons (Fsp3) is 1.00. The second-order valence-corrected chi connectivity index (χ2v) is 4.71. The van der Waals surface area contributed by atoms with Crippen LogP contribution in [0.3, 0.4) is 0 Å². The second kappa shape index (κ2) is 3.97. The first-order valence-electron chi connectivity index (χ1n) is 5.57. The molecule has 2 nitrogen and oxygen atoms in total. The quantitative estimate of drug-likeness (QED) is 0.705. The van der Waals surface area contributed by atoms with E-state index in [0.29, 0.717) is 5.41 Å². The summed E-state index contributed by atoms with van der Waals surface area (Å²) in [4.78, 5) is 0. The van der Waals surface area contributed by atoms with Crippen molar-refractivity contribution in [1.82, 2.24) is 5.32 Å². The van der Waals surface area contributed by atoms with Gasteiger partial charge in [-0.15, -0.1) is 0 Å². The standard InChI is InChI=1S/C11H21NO/c1-13-8-10-7-12-9-11(10)5-3-2-4-6-11/h10,12H,2-9H2,1H3/t10-/m1/s1. The maximum absolute atomic E-state index is 5.31. The Labute approximate surface area is 81.0 Å². The van der Waals surface area contributed by atoms with Crippen LogP contribution in [0.4, 0.5) is 0 Å². The summed E-state index contributed by atoms with van der Waals surface area (Å²) in [5.41, 5.74) is 0.605. The molecule has 76 valence electrons. The predicted molar refractivity (Wildman–Crippen MR) is 53.8 cm³/mol. The summed E-state index contributed by atoms with van der Waals surface area (Å²) in [6.45, 7) is 3.36. The van der Waals surface area contributed by atoms with Crippen molar-refractivity contribution in [1.29, 1.82) is 0 Å². The number of hydrogen-bond acceptors (Lipinski definition) is 2. The molecule has 2 heteroatoms. The van der Waals surface area contributed by atoms with Gasteiger partial charge in [-0.3, -0.25) is 0 Å². The molecule has 0 aromatic rings. The normalized spacial score (nSPS) is 32.5. The minimum atomic E-state index is 0.605. The van der Waals surface area contributed by atoms with Crippen molar-refractivity contribution in [2.75, 3.05) is 26.8 Å². The number of rotatable bonds is 2. The first kappa shape index (κ1) is 9.47. The van der Waals surface area contributed by atoms with Crippen LogP contribution in [0.15, 0.2) is 0 Å². The van der Waals surface area contributed by atoms with Crippen molar-refractivity contribution in [2.24, 2.45) is 11.3 Å². The molecule has 2 rings (SSSR count). The molecule has 1 saturated carbocycles. The van der Waals surface area contributed by atoms with Gasteiger partial charge in [0.2, 0.25) is 0 Å². The zero-order valence-corrected chi connectivity index (χ0v) is 8.64. The maximum Gasteiger partial charge on any atom is 0.0508 e. The van der Waals surface area contributed by atoms with E-state index < -0.39 is 0 Å². The van der Waals surface area contributed by atoms with Gasteiger partial charge in [0.25, 0.3) is 0 Å². The van der Waals surface area contributed by atoms with Gasteiger partial charge in [-0.2, -0.15) is 0 Å². The molecule has 1 atom stereocenters. The summed E-state index contributed by atoms with van der Waals surface area (Å²) in [6, 6.07) is 0. The molecule has 0 bridgehead atoms. The average Bonchev–Trinajstić information content (AvgIpc) is 2.52. The Morgan fingerprint density at radius 2 is 2.08 bits per heavy atom. The van der Waals surface area contributed by atoms with Gasteiger partial charge < -0.3 is 10.1 Å². The second-order valence-electron chi connectivity index (χ2n) is 4.71. The fourth-order valence-electron chi connectivity index (χ4n) is 3.13. The third-order valence-electron chi connectivity index (χ3n) is 3.95. The lowest BCUT2D eigenvalue weighted by Crippen LogP contribution is -2.34. The highest BCUT2D eigenvalue weighted by Gasteiger charge is 2.42. The van der Waals surface area contributed by atoms with Crippen LogP contribution in [-0.4, -0.2) is 26.8 Å². The Morgan fingerprint density at radius 3 is 2.77 bits per heavy atom. The first-order valence-corrected chi connectivity index (χ1v) is 5.57. The molecule has 0 aromatic heterocycles. The van der Waals surface area contributed by atoms with Crippen LogP contribution in [0.5, 0.6) is 0 Å². The van der Waals surface area contributed by atoms with Gasteiger partial charge in [-0.1, -0.05) is 19.3 Å². The Morgan fingerprint density at radius 1 is 1.31 bits per heavy atom. The number of nitrogens with one attached hydrogen (secondary N) is 1. The predicted octanol–water partition coefficient (Wildman–Crippen LogP) is 1.80. The molecule has 1 N–H and O–H groups in total. The van der Waals surface area contributed by atoms with E-state index in [4.69, 9.17) is 4.74 Å².